The average molecular weight is 487 g/mol. The zero-order valence-corrected chi connectivity index (χ0v) is 19.8. The molecule has 2 aromatic heterocycles. The van der Waals surface area contributed by atoms with Crippen molar-refractivity contribution in [1.82, 2.24) is 19.9 Å². The first-order chi connectivity index (χ1) is 17.5. The number of carbonyl (C=O) groups is 2. The van der Waals surface area contributed by atoms with Crippen LogP contribution in [-0.4, -0.2) is 57.2 Å². The first-order valence-electron chi connectivity index (χ1n) is 11.7. The Kier molecular flexibility index (Phi) is 6.53. The van der Waals surface area contributed by atoms with Gasteiger partial charge in [-0.15, -0.1) is 0 Å². The molecule has 1 aliphatic rings. The number of imidazole rings is 1. The second-order valence-electron chi connectivity index (χ2n) is 8.75. The fourth-order valence-corrected chi connectivity index (χ4v) is 4.49. The fourth-order valence-electron chi connectivity index (χ4n) is 4.49. The summed E-state index contributed by atoms with van der Waals surface area (Å²) in [7, 11) is 1.34. The summed E-state index contributed by atoms with van der Waals surface area (Å²) in [5.41, 5.74) is 4.42. The molecule has 0 spiro atoms. The number of H-pyrrole nitrogens is 1. The summed E-state index contributed by atoms with van der Waals surface area (Å²) in [5, 5.41) is 9.18. The number of aromatic amines is 1. The number of hydrogen-bond acceptors (Lipinski definition) is 6. The minimum Gasteiger partial charge on any atom is -0.488 e. The van der Waals surface area contributed by atoms with Crippen LogP contribution in [0.4, 0.5) is 4.79 Å². The van der Waals surface area contributed by atoms with E-state index in [9.17, 15) is 14.7 Å². The Labute approximate surface area is 207 Å². The minimum atomic E-state index is -0.872. The van der Waals surface area contributed by atoms with Gasteiger partial charge in [0.1, 0.15) is 23.7 Å². The predicted octanol–water partition coefficient (Wildman–Crippen LogP) is 4.85. The van der Waals surface area contributed by atoms with Crippen molar-refractivity contribution in [3.05, 3.63) is 77.5 Å². The van der Waals surface area contributed by atoms with Gasteiger partial charge in [0, 0.05) is 24.8 Å². The summed E-state index contributed by atoms with van der Waals surface area (Å²) in [6.45, 7) is 1.36. The van der Waals surface area contributed by atoms with E-state index in [1.54, 1.807) is 12.1 Å². The molecular weight excluding hydrogens is 460 g/mol. The van der Waals surface area contributed by atoms with E-state index in [-0.39, 0.29) is 5.92 Å². The smallest absolute Gasteiger partial charge is 0.407 e. The first-order valence-corrected chi connectivity index (χ1v) is 11.7. The van der Waals surface area contributed by atoms with E-state index in [2.05, 4.69) is 15.0 Å². The number of piperidine rings is 1. The molecule has 9 heteroatoms. The van der Waals surface area contributed by atoms with E-state index in [4.69, 9.17) is 9.47 Å². The molecule has 0 unspecified atom stereocenters. The molecule has 0 saturated carbocycles. The van der Waals surface area contributed by atoms with Crippen molar-refractivity contribution in [2.24, 2.45) is 0 Å². The normalized spacial score (nSPS) is 14.1. The Hall–Kier alpha value is -4.40. The molecule has 0 bridgehead atoms. The number of ether oxygens (including phenoxy) is 2. The third-order valence-corrected chi connectivity index (χ3v) is 6.49. The van der Waals surface area contributed by atoms with Gasteiger partial charge in [0.25, 0.3) is 0 Å². The van der Waals surface area contributed by atoms with Gasteiger partial charge in [-0.05, 0) is 54.2 Å². The van der Waals surface area contributed by atoms with E-state index >= 15 is 0 Å². The summed E-state index contributed by atoms with van der Waals surface area (Å²) in [4.78, 5) is 37.6. The van der Waals surface area contributed by atoms with Crippen molar-refractivity contribution in [3.8, 4) is 17.1 Å². The van der Waals surface area contributed by atoms with Crippen molar-refractivity contribution in [2.75, 3.05) is 20.2 Å². The van der Waals surface area contributed by atoms with Gasteiger partial charge in [-0.2, -0.15) is 0 Å². The molecule has 3 heterocycles. The van der Waals surface area contributed by atoms with Crippen molar-refractivity contribution in [3.63, 3.8) is 0 Å². The van der Waals surface area contributed by atoms with Crippen LogP contribution in [0.5, 0.6) is 5.75 Å². The number of likely N-dealkylation sites (tertiary alicyclic amines) is 1. The van der Waals surface area contributed by atoms with Crippen LogP contribution in [0.2, 0.25) is 0 Å². The highest BCUT2D eigenvalue weighted by Gasteiger charge is 2.24. The molecule has 1 fully saturated rings. The van der Waals surface area contributed by atoms with E-state index in [0.717, 1.165) is 29.5 Å². The molecule has 1 aliphatic heterocycles. The number of amides is 1. The lowest BCUT2D eigenvalue weighted by molar-refractivity contribution is 0.0595. The number of hydrogen-bond donors (Lipinski definition) is 2. The van der Waals surface area contributed by atoms with Crippen LogP contribution in [0.25, 0.3) is 22.6 Å². The zero-order chi connectivity index (χ0) is 25.1. The van der Waals surface area contributed by atoms with Gasteiger partial charge in [-0.25, -0.2) is 19.6 Å². The Balaban J connectivity index is 1.38. The minimum absolute atomic E-state index is 0.247. The Morgan fingerprint density at radius 1 is 1.11 bits per heavy atom. The second kappa shape index (κ2) is 10.1. The number of carboxylic acid groups (broad SMARTS) is 1. The van der Waals surface area contributed by atoms with Crippen molar-refractivity contribution in [2.45, 2.75) is 25.4 Å². The average Bonchev–Trinajstić information content (AvgIpc) is 3.35. The number of rotatable bonds is 6. The molecule has 184 valence electrons. The molecule has 36 heavy (non-hydrogen) atoms. The quantitative estimate of drug-likeness (QED) is 0.374. The lowest BCUT2D eigenvalue weighted by Crippen LogP contribution is -2.36. The van der Waals surface area contributed by atoms with Gasteiger partial charge in [0.05, 0.1) is 12.6 Å². The number of carbonyl (C=O) groups excluding carboxylic acids is 1. The molecule has 2 N–H and O–H groups in total. The maximum atomic E-state index is 12.5. The number of nitrogens with one attached hydrogen (secondary N) is 1. The second-order valence-corrected chi connectivity index (χ2v) is 8.75. The van der Waals surface area contributed by atoms with Crippen molar-refractivity contribution in [1.29, 1.82) is 0 Å². The van der Waals surface area contributed by atoms with Gasteiger partial charge in [0.15, 0.2) is 5.65 Å². The molecule has 2 aromatic carbocycles. The van der Waals surface area contributed by atoms with E-state index in [1.807, 2.05) is 48.7 Å². The van der Waals surface area contributed by atoms with Crippen molar-refractivity contribution >= 4 is 23.2 Å². The topological polar surface area (TPSA) is 118 Å². The van der Waals surface area contributed by atoms with Gasteiger partial charge in [-0.1, -0.05) is 30.3 Å². The summed E-state index contributed by atoms with van der Waals surface area (Å²) in [6.07, 6.45) is 2.46. The number of pyridine rings is 1. The molecule has 0 aliphatic carbocycles. The standard InChI is InChI=1S/C27H26N4O5/c1-35-26(32)21-13-19(7-8-23(21)36-16-17-5-3-2-4-6-17)24-29-22-14-20(15-28-25(22)30-24)18-9-11-31(12-10-18)27(33)34/h2-8,13-15,18H,9-12,16H2,1H3,(H,33,34)(H,28,29,30). The summed E-state index contributed by atoms with van der Waals surface area (Å²) in [6, 6.07) is 17.0. The molecule has 4 aromatic rings. The molecular formula is C27H26N4O5. The monoisotopic (exact) mass is 486 g/mol. The lowest BCUT2D eigenvalue weighted by Gasteiger charge is -2.29. The molecule has 0 atom stereocenters. The third-order valence-electron chi connectivity index (χ3n) is 6.49. The number of nitrogens with zero attached hydrogens (tertiary/aromatic N) is 3. The maximum Gasteiger partial charge on any atom is 0.407 e. The molecule has 9 nitrogen and oxygen atoms in total. The van der Waals surface area contributed by atoms with Gasteiger partial charge in [-0.3, -0.25) is 0 Å². The SMILES string of the molecule is COC(=O)c1cc(-c2nc3ncc(C4CCN(C(=O)O)CC4)cc3[nH]2)ccc1OCc1ccccc1. The molecule has 0 radical (unpaired) electrons. The van der Waals surface area contributed by atoms with E-state index in [1.165, 1.54) is 12.0 Å². The number of aromatic nitrogens is 3. The largest absolute Gasteiger partial charge is 0.488 e. The first kappa shape index (κ1) is 23.3. The molecule has 1 saturated heterocycles. The van der Waals surface area contributed by atoms with Crippen LogP contribution in [0.1, 0.15) is 40.2 Å². The summed E-state index contributed by atoms with van der Waals surface area (Å²) in [5.74, 6) is 0.758. The third kappa shape index (κ3) is 4.86. The molecule has 5 rings (SSSR count). The predicted molar refractivity (Wildman–Crippen MR) is 133 cm³/mol. The summed E-state index contributed by atoms with van der Waals surface area (Å²) >= 11 is 0. The van der Waals surface area contributed by atoms with Gasteiger partial charge < -0.3 is 24.5 Å². The van der Waals surface area contributed by atoms with Gasteiger partial charge in [0.2, 0.25) is 0 Å². The molecule has 1 amide bonds. The van der Waals surface area contributed by atoms with Crippen LogP contribution in [-0.2, 0) is 11.3 Å². The number of benzene rings is 2. The Bertz CT molecular complexity index is 1390. The van der Waals surface area contributed by atoms with E-state index in [0.29, 0.717) is 48.0 Å². The van der Waals surface area contributed by atoms with Crippen LogP contribution in [0.15, 0.2) is 60.8 Å². The highest BCUT2D eigenvalue weighted by molar-refractivity contribution is 5.94. The number of esters is 1. The van der Waals surface area contributed by atoms with Crippen LogP contribution in [0, 0.1) is 0 Å². The van der Waals surface area contributed by atoms with Crippen LogP contribution in [0.3, 0.4) is 0 Å². The Morgan fingerprint density at radius 3 is 2.61 bits per heavy atom. The maximum absolute atomic E-state index is 12.5. The highest BCUT2D eigenvalue weighted by Crippen LogP contribution is 2.31. The summed E-state index contributed by atoms with van der Waals surface area (Å²) < 4.78 is 10.9. The lowest BCUT2D eigenvalue weighted by atomic mass is 9.90. The van der Waals surface area contributed by atoms with Crippen molar-refractivity contribution < 1.29 is 24.2 Å². The zero-order valence-electron chi connectivity index (χ0n) is 19.8. The fraction of sp³-hybridized carbons (Fsp3) is 0.259. The highest BCUT2D eigenvalue weighted by atomic mass is 16.5. The van der Waals surface area contributed by atoms with Crippen LogP contribution >= 0.6 is 0 Å². The number of fused-ring (bicyclic) bond motifs is 1. The van der Waals surface area contributed by atoms with E-state index < -0.39 is 12.1 Å². The van der Waals surface area contributed by atoms with Crippen LogP contribution < -0.4 is 4.74 Å². The number of methoxy groups -OCH3 is 1. The van der Waals surface area contributed by atoms with Gasteiger partial charge >= 0.3 is 12.1 Å². The Morgan fingerprint density at radius 2 is 1.89 bits per heavy atom.